The van der Waals surface area contributed by atoms with Gasteiger partial charge in [-0.05, 0) is 102 Å². The molecule has 0 aromatic heterocycles. The average Bonchev–Trinajstić information content (AvgIpc) is 2.87. The molecule has 0 radical (unpaired) electrons. The molecule has 0 fully saturated rings. The van der Waals surface area contributed by atoms with Gasteiger partial charge in [0.05, 0.1) is 0 Å². The first-order valence-electron chi connectivity index (χ1n) is 14.7. The molecular weight excluding hydrogens is 450 g/mol. The van der Waals surface area contributed by atoms with Crippen LogP contribution < -0.4 is 49.5 Å². The number of nitrogens with one attached hydrogen (secondary N) is 5. The lowest BCUT2D eigenvalue weighted by molar-refractivity contribution is 0.385. The summed E-state index contributed by atoms with van der Waals surface area (Å²) in [5.41, 5.74) is 23.9. The van der Waals surface area contributed by atoms with Crippen LogP contribution in [0.25, 0.3) is 0 Å². The summed E-state index contributed by atoms with van der Waals surface area (Å²) in [5, 5.41) is 17.5. The van der Waals surface area contributed by atoms with Crippen molar-refractivity contribution in [1.82, 2.24) is 26.6 Å². The SMILES string of the molecule is C=C(CCN)CCCC(CCNCCN)CCNCCNCCC(CCN)CCNCCNCCN. The zero-order valence-corrected chi connectivity index (χ0v) is 23.4. The molecule has 9 nitrogen and oxygen atoms in total. The number of nitrogens with two attached hydrogens (primary N) is 4. The maximum absolute atomic E-state index is 5.84. The van der Waals surface area contributed by atoms with Crippen LogP contribution in [-0.2, 0) is 0 Å². The average molecular weight is 514 g/mol. The fourth-order valence-electron chi connectivity index (χ4n) is 4.48. The summed E-state index contributed by atoms with van der Waals surface area (Å²) in [6.45, 7) is 17.1. The molecule has 216 valence electrons. The van der Waals surface area contributed by atoms with Gasteiger partial charge in [-0.3, -0.25) is 0 Å². The monoisotopic (exact) mass is 514 g/mol. The minimum Gasteiger partial charge on any atom is -0.330 e. The second kappa shape index (κ2) is 28.9. The highest BCUT2D eigenvalue weighted by atomic mass is 14.9. The molecule has 0 heterocycles. The van der Waals surface area contributed by atoms with Gasteiger partial charge in [0.15, 0.2) is 0 Å². The smallest absolute Gasteiger partial charge is 0.00772 e. The molecule has 0 saturated heterocycles. The Morgan fingerprint density at radius 1 is 0.444 bits per heavy atom. The van der Waals surface area contributed by atoms with E-state index in [9.17, 15) is 0 Å². The van der Waals surface area contributed by atoms with Crippen LogP contribution in [0.4, 0.5) is 0 Å². The molecule has 0 spiro atoms. The highest BCUT2D eigenvalue weighted by molar-refractivity contribution is 4.94. The molecular formula is C27H63N9. The van der Waals surface area contributed by atoms with Crippen LogP contribution in [0, 0.1) is 11.8 Å². The van der Waals surface area contributed by atoms with Crippen LogP contribution >= 0.6 is 0 Å². The standard InChI is InChI=1S/C27H63N9/c1-25(5-11-28)3-2-4-26(7-15-32-19-13-30)8-16-33-21-22-34-17-9-27(6-12-29)10-18-35-23-24-36-20-14-31/h26-27,32-36H,1-24,28-31H2. The Morgan fingerprint density at radius 3 is 1.28 bits per heavy atom. The van der Waals surface area contributed by atoms with Crippen molar-refractivity contribution in [3.8, 4) is 0 Å². The highest BCUT2D eigenvalue weighted by Crippen LogP contribution is 2.19. The van der Waals surface area contributed by atoms with Crippen molar-refractivity contribution in [3.05, 3.63) is 12.2 Å². The zero-order chi connectivity index (χ0) is 26.5. The first-order valence-corrected chi connectivity index (χ1v) is 14.7. The van der Waals surface area contributed by atoms with Crippen molar-refractivity contribution in [3.63, 3.8) is 0 Å². The van der Waals surface area contributed by atoms with Gasteiger partial charge in [0, 0.05) is 52.4 Å². The van der Waals surface area contributed by atoms with E-state index in [1.54, 1.807) is 0 Å². The molecule has 0 amide bonds. The lowest BCUT2D eigenvalue weighted by Crippen LogP contribution is -2.32. The van der Waals surface area contributed by atoms with Crippen molar-refractivity contribution in [2.24, 2.45) is 34.8 Å². The Kier molecular flexibility index (Phi) is 28.4. The summed E-state index contributed by atoms with van der Waals surface area (Å²) >= 11 is 0. The van der Waals surface area contributed by atoms with Crippen molar-refractivity contribution < 1.29 is 0 Å². The topological polar surface area (TPSA) is 164 Å². The summed E-state index contributed by atoms with van der Waals surface area (Å²) in [4.78, 5) is 0. The van der Waals surface area contributed by atoms with Crippen LogP contribution in [0.15, 0.2) is 12.2 Å². The highest BCUT2D eigenvalue weighted by Gasteiger charge is 2.09. The normalized spacial score (nSPS) is 13.2. The zero-order valence-electron chi connectivity index (χ0n) is 23.4. The Bertz CT molecular complexity index is 451. The molecule has 0 rings (SSSR count). The van der Waals surface area contributed by atoms with Gasteiger partial charge in [0.1, 0.15) is 0 Å². The molecule has 2 unspecified atom stereocenters. The largest absolute Gasteiger partial charge is 0.330 e. The second-order valence-electron chi connectivity index (χ2n) is 9.97. The van der Waals surface area contributed by atoms with E-state index in [4.69, 9.17) is 22.9 Å². The first-order chi connectivity index (χ1) is 17.7. The molecule has 36 heavy (non-hydrogen) atoms. The summed E-state index contributed by atoms with van der Waals surface area (Å²) in [7, 11) is 0. The number of hydrogen-bond acceptors (Lipinski definition) is 9. The minimum atomic E-state index is 0.689. The number of rotatable bonds is 30. The van der Waals surface area contributed by atoms with Gasteiger partial charge in [0.25, 0.3) is 0 Å². The lowest BCUT2D eigenvalue weighted by Gasteiger charge is -2.18. The number of hydrogen-bond donors (Lipinski definition) is 9. The molecule has 13 N–H and O–H groups in total. The fraction of sp³-hybridized carbons (Fsp3) is 0.926. The van der Waals surface area contributed by atoms with Gasteiger partial charge in [0.2, 0.25) is 0 Å². The van der Waals surface area contributed by atoms with E-state index in [1.807, 2.05) is 0 Å². The van der Waals surface area contributed by atoms with E-state index in [0.29, 0.717) is 25.6 Å². The Hall–Kier alpha value is -0.620. The molecule has 0 aliphatic rings. The van der Waals surface area contributed by atoms with Crippen molar-refractivity contribution in [1.29, 1.82) is 0 Å². The summed E-state index contributed by atoms with van der Waals surface area (Å²) < 4.78 is 0. The quantitative estimate of drug-likeness (QED) is 0.0477. The van der Waals surface area contributed by atoms with E-state index >= 15 is 0 Å². The molecule has 0 aliphatic heterocycles. The predicted molar refractivity (Wildman–Crippen MR) is 158 cm³/mol. The van der Waals surface area contributed by atoms with Gasteiger partial charge < -0.3 is 49.5 Å². The Labute approximate surface area is 223 Å². The molecule has 0 bridgehead atoms. The lowest BCUT2D eigenvalue weighted by atomic mass is 9.93. The van der Waals surface area contributed by atoms with E-state index in [0.717, 1.165) is 97.2 Å². The fourth-order valence-corrected chi connectivity index (χ4v) is 4.48. The van der Waals surface area contributed by atoms with Gasteiger partial charge in [-0.2, -0.15) is 0 Å². The van der Waals surface area contributed by atoms with Crippen LogP contribution in [0.2, 0.25) is 0 Å². The maximum atomic E-state index is 5.84. The van der Waals surface area contributed by atoms with Gasteiger partial charge in [-0.25, -0.2) is 0 Å². The van der Waals surface area contributed by atoms with Crippen molar-refractivity contribution >= 4 is 0 Å². The van der Waals surface area contributed by atoms with Gasteiger partial charge >= 0.3 is 0 Å². The predicted octanol–water partition coefficient (Wildman–Crippen LogP) is 0.0687. The van der Waals surface area contributed by atoms with Crippen molar-refractivity contribution in [2.45, 2.75) is 57.8 Å². The Morgan fingerprint density at radius 2 is 0.861 bits per heavy atom. The summed E-state index contributed by atoms with van der Waals surface area (Å²) in [6, 6.07) is 0. The summed E-state index contributed by atoms with van der Waals surface area (Å²) in [6.07, 6.45) is 10.5. The van der Waals surface area contributed by atoms with Crippen LogP contribution in [0.3, 0.4) is 0 Å². The van der Waals surface area contributed by atoms with Gasteiger partial charge in [-0.15, -0.1) is 0 Å². The minimum absolute atomic E-state index is 0.689. The van der Waals surface area contributed by atoms with Crippen molar-refractivity contribution in [2.75, 3.05) is 91.6 Å². The molecule has 0 aromatic carbocycles. The van der Waals surface area contributed by atoms with Crippen LogP contribution in [0.1, 0.15) is 57.8 Å². The van der Waals surface area contributed by atoms with E-state index in [2.05, 4.69) is 33.2 Å². The van der Waals surface area contributed by atoms with E-state index in [-0.39, 0.29) is 0 Å². The summed E-state index contributed by atoms with van der Waals surface area (Å²) in [5.74, 6) is 1.43. The Balaban J connectivity index is 3.90. The molecule has 0 saturated carbocycles. The first kappa shape index (κ1) is 35.4. The molecule has 2 atom stereocenters. The molecule has 9 heteroatoms. The maximum Gasteiger partial charge on any atom is 0.00772 e. The molecule has 0 aliphatic carbocycles. The third kappa shape index (κ3) is 25.0. The van der Waals surface area contributed by atoms with E-state index in [1.165, 1.54) is 44.1 Å². The third-order valence-electron chi connectivity index (χ3n) is 6.73. The van der Waals surface area contributed by atoms with Crippen LogP contribution in [0.5, 0.6) is 0 Å². The third-order valence-corrected chi connectivity index (χ3v) is 6.73. The second-order valence-corrected chi connectivity index (χ2v) is 9.97. The molecule has 0 aromatic rings. The van der Waals surface area contributed by atoms with E-state index < -0.39 is 0 Å². The van der Waals surface area contributed by atoms with Crippen LogP contribution in [-0.4, -0.2) is 91.6 Å². The van der Waals surface area contributed by atoms with Gasteiger partial charge in [-0.1, -0.05) is 18.6 Å².